The van der Waals surface area contributed by atoms with Crippen LogP contribution in [0.15, 0.2) is 29.4 Å². The average Bonchev–Trinajstić information content (AvgIpc) is 3.16. The highest BCUT2D eigenvalue weighted by atomic mass is 35.5. The summed E-state index contributed by atoms with van der Waals surface area (Å²) < 4.78 is 1.93. The van der Waals surface area contributed by atoms with Crippen molar-refractivity contribution >= 4 is 29.1 Å². The molecule has 1 saturated carbocycles. The Bertz CT molecular complexity index is 555. The molecule has 7 heteroatoms. The molecular weight excluding hydrogens is 282 g/mol. The third kappa shape index (κ3) is 3.19. The lowest BCUT2D eigenvalue weighted by Gasteiger charge is -2.07. The molecule has 0 spiro atoms. The predicted molar refractivity (Wildman–Crippen MR) is 76.8 cm³/mol. The van der Waals surface area contributed by atoms with E-state index < -0.39 is 0 Å². The minimum atomic E-state index is 0.522. The van der Waals surface area contributed by atoms with E-state index in [1.807, 2.05) is 28.9 Å². The first-order valence-electron chi connectivity index (χ1n) is 6.23. The number of para-hydroxylation sites is 1. The fourth-order valence-electron chi connectivity index (χ4n) is 1.76. The molecule has 19 heavy (non-hydrogen) atoms. The Morgan fingerprint density at radius 3 is 3.00 bits per heavy atom. The zero-order chi connectivity index (χ0) is 13.1. The van der Waals surface area contributed by atoms with E-state index in [0.29, 0.717) is 6.04 Å². The van der Waals surface area contributed by atoms with Crippen LogP contribution in [-0.4, -0.2) is 32.5 Å². The van der Waals surface area contributed by atoms with E-state index in [2.05, 4.69) is 20.8 Å². The van der Waals surface area contributed by atoms with Crippen molar-refractivity contribution in [3.05, 3.63) is 29.3 Å². The number of tetrazole rings is 1. The normalized spacial score (nSPS) is 14.6. The Labute approximate surface area is 120 Å². The van der Waals surface area contributed by atoms with Gasteiger partial charge in [0, 0.05) is 12.3 Å². The van der Waals surface area contributed by atoms with E-state index >= 15 is 0 Å². The Morgan fingerprint density at radius 2 is 2.21 bits per heavy atom. The van der Waals surface area contributed by atoms with Gasteiger partial charge in [0.25, 0.3) is 0 Å². The van der Waals surface area contributed by atoms with Crippen LogP contribution in [0.3, 0.4) is 0 Å². The second-order valence-corrected chi connectivity index (χ2v) is 5.86. The summed E-state index contributed by atoms with van der Waals surface area (Å²) in [6.45, 7) is 0.825. The van der Waals surface area contributed by atoms with Crippen LogP contribution in [0.5, 0.6) is 0 Å². The monoisotopic (exact) mass is 295 g/mol. The lowest BCUT2D eigenvalue weighted by Crippen LogP contribution is -2.06. The maximum atomic E-state index is 6.07. The fraction of sp³-hybridized carbons (Fsp3) is 0.417. The summed E-state index contributed by atoms with van der Waals surface area (Å²) in [7, 11) is 0. The first-order chi connectivity index (χ1) is 9.34. The van der Waals surface area contributed by atoms with Gasteiger partial charge in [-0.3, -0.25) is 0 Å². The highest BCUT2D eigenvalue weighted by Gasteiger charge is 2.27. The Hall–Kier alpha value is -1.27. The number of halogens is 1. The van der Waals surface area contributed by atoms with E-state index in [9.17, 15) is 0 Å². The fourth-order valence-corrected chi connectivity index (χ4v) is 2.76. The van der Waals surface area contributed by atoms with Crippen molar-refractivity contribution in [2.24, 2.45) is 0 Å². The van der Waals surface area contributed by atoms with E-state index in [-0.39, 0.29) is 0 Å². The van der Waals surface area contributed by atoms with Crippen LogP contribution in [0.2, 0.25) is 5.02 Å². The van der Waals surface area contributed by atoms with Crippen molar-refractivity contribution in [3.63, 3.8) is 0 Å². The van der Waals surface area contributed by atoms with Crippen molar-refractivity contribution in [1.82, 2.24) is 20.2 Å². The number of hydrogen-bond acceptors (Lipinski definition) is 5. The molecule has 0 unspecified atom stereocenters. The molecule has 1 aromatic carbocycles. The molecule has 2 aromatic rings. The molecule has 1 aliphatic rings. The van der Waals surface area contributed by atoms with Crippen LogP contribution in [0.4, 0.5) is 5.69 Å². The number of nitrogens with one attached hydrogen (secondary N) is 1. The van der Waals surface area contributed by atoms with Crippen LogP contribution in [-0.2, 0) is 0 Å². The lowest BCUT2D eigenvalue weighted by atomic mass is 10.3. The van der Waals surface area contributed by atoms with Gasteiger partial charge < -0.3 is 5.32 Å². The number of aromatic nitrogens is 4. The third-order valence-electron chi connectivity index (χ3n) is 2.88. The largest absolute Gasteiger partial charge is 0.383 e. The first kappa shape index (κ1) is 12.7. The van der Waals surface area contributed by atoms with Crippen molar-refractivity contribution in [2.75, 3.05) is 17.6 Å². The van der Waals surface area contributed by atoms with Crippen LogP contribution >= 0.6 is 23.4 Å². The number of anilines is 1. The van der Waals surface area contributed by atoms with Gasteiger partial charge in [-0.2, -0.15) is 0 Å². The van der Waals surface area contributed by atoms with Gasteiger partial charge in [0.2, 0.25) is 5.16 Å². The molecule has 0 saturated heterocycles. The predicted octanol–water partition coefficient (Wildman–Crippen LogP) is 2.87. The van der Waals surface area contributed by atoms with Gasteiger partial charge in [-0.25, -0.2) is 4.68 Å². The highest BCUT2D eigenvalue weighted by molar-refractivity contribution is 7.99. The molecular formula is C12H14ClN5S. The molecule has 1 aliphatic carbocycles. The van der Waals surface area contributed by atoms with E-state index in [1.165, 1.54) is 12.8 Å². The van der Waals surface area contributed by atoms with Gasteiger partial charge in [-0.1, -0.05) is 35.5 Å². The van der Waals surface area contributed by atoms with E-state index in [1.54, 1.807) is 11.8 Å². The third-order valence-corrected chi connectivity index (χ3v) is 4.14. The zero-order valence-corrected chi connectivity index (χ0v) is 11.9. The Balaban J connectivity index is 1.48. The minimum absolute atomic E-state index is 0.522. The highest BCUT2D eigenvalue weighted by Crippen LogP contribution is 2.36. The van der Waals surface area contributed by atoms with Crippen LogP contribution < -0.4 is 5.32 Å². The average molecular weight is 296 g/mol. The number of nitrogens with zero attached hydrogens (tertiary/aromatic N) is 4. The molecule has 0 radical (unpaired) electrons. The zero-order valence-electron chi connectivity index (χ0n) is 10.3. The van der Waals surface area contributed by atoms with Gasteiger partial charge in [-0.05, 0) is 35.4 Å². The van der Waals surface area contributed by atoms with Crippen molar-refractivity contribution in [2.45, 2.75) is 24.0 Å². The van der Waals surface area contributed by atoms with Crippen LogP contribution in [0, 0.1) is 0 Å². The summed E-state index contributed by atoms with van der Waals surface area (Å²) in [5.41, 5.74) is 0.964. The summed E-state index contributed by atoms with van der Waals surface area (Å²) in [5, 5.41) is 16.8. The van der Waals surface area contributed by atoms with Crippen molar-refractivity contribution in [3.8, 4) is 0 Å². The number of thioether (sulfide) groups is 1. The molecule has 1 N–H and O–H groups in total. The number of benzene rings is 1. The summed E-state index contributed by atoms with van der Waals surface area (Å²) >= 11 is 7.74. The summed E-state index contributed by atoms with van der Waals surface area (Å²) in [6, 6.07) is 8.27. The Kier molecular flexibility index (Phi) is 3.89. The first-order valence-corrected chi connectivity index (χ1v) is 7.60. The van der Waals surface area contributed by atoms with Gasteiger partial charge in [-0.15, -0.1) is 5.10 Å². The van der Waals surface area contributed by atoms with Gasteiger partial charge >= 0.3 is 0 Å². The molecule has 1 fully saturated rings. The quantitative estimate of drug-likeness (QED) is 0.656. The minimum Gasteiger partial charge on any atom is -0.383 e. The molecule has 0 amide bonds. The van der Waals surface area contributed by atoms with Gasteiger partial charge in [0.15, 0.2) is 0 Å². The number of rotatable bonds is 6. The van der Waals surface area contributed by atoms with Crippen LogP contribution in [0.25, 0.3) is 0 Å². The standard InChI is InChI=1S/C12H14ClN5S/c13-10-3-1-2-4-11(10)14-7-8-19-12-15-16-17-18(12)9-5-6-9/h1-4,9,14H,5-8H2. The van der Waals surface area contributed by atoms with Gasteiger partial charge in [0.05, 0.1) is 16.8 Å². The topological polar surface area (TPSA) is 55.6 Å². The van der Waals surface area contributed by atoms with E-state index in [0.717, 1.165) is 28.2 Å². The second kappa shape index (κ2) is 5.79. The summed E-state index contributed by atoms with van der Waals surface area (Å²) in [5.74, 6) is 0.901. The Morgan fingerprint density at radius 1 is 1.37 bits per heavy atom. The SMILES string of the molecule is Clc1ccccc1NCCSc1nnnn1C1CC1. The smallest absolute Gasteiger partial charge is 0.209 e. The maximum absolute atomic E-state index is 6.07. The van der Waals surface area contributed by atoms with E-state index in [4.69, 9.17) is 11.6 Å². The van der Waals surface area contributed by atoms with Crippen molar-refractivity contribution in [1.29, 1.82) is 0 Å². The number of hydrogen-bond donors (Lipinski definition) is 1. The molecule has 0 bridgehead atoms. The summed E-state index contributed by atoms with van der Waals surface area (Å²) in [6.07, 6.45) is 2.38. The van der Waals surface area contributed by atoms with Crippen LogP contribution in [0.1, 0.15) is 18.9 Å². The maximum Gasteiger partial charge on any atom is 0.209 e. The lowest BCUT2D eigenvalue weighted by molar-refractivity contribution is 0.565. The molecule has 100 valence electrons. The molecule has 0 aliphatic heterocycles. The molecule has 5 nitrogen and oxygen atoms in total. The molecule has 1 heterocycles. The summed E-state index contributed by atoms with van der Waals surface area (Å²) in [4.78, 5) is 0. The molecule has 3 rings (SSSR count). The second-order valence-electron chi connectivity index (χ2n) is 4.39. The van der Waals surface area contributed by atoms with Crippen molar-refractivity contribution < 1.29 is 0 Å². The molecule has 1 aromatic heterocycles. The van der Waals surface area contributed by atoms with Gasteiger partial charge in [0.1, 0.15) is 0 Å². The molecule has 0 atom stereocenters.